The van der Waals surface area contributed by atoms with Crippen LogP contribution >= 0.6 is 0 Å². The van der Waals surface area contributed by atoms with Crippen LogP contribution in [0.2, 0.25) is 0 Å². The highest BCUT2D eigenvalue weighted by atomic mass is 16.6. The van der Waals surface area contributed by atoms with Crippen LogP contribution in [0.3, 0.4) is 0 Å². The van der Waals surface area contributed by atoms with Crippen molar-refractivity contribution in [1.29, 1.82) is 0 Å². The molecule has 0 fully saturated rings. The molecule has 0 aromatic heterocycles. The number of fused-ring (bicyclic) bond motifs is 1. The lowest BCUT2D eigenvalue weighted by Crippen LogP contribution is -2.46. The first-order valence-corrected chi connectivity index (χ1v) is 9.18. The average molecular weight is 394 g/mol. The van der Waals surface area contributed by atoms with Gasteiger partial charge in [-0.15, -0.1) is 0 Å². The third-order valence-electron chi connectivity index (χ3n) is 4.58. The molecule has 1 amide bonds. The van der Waals surface area contributed by atoms with Crippen LogP contribution in [0.1, 0.15) is 19.4 Å². The second-order valence-electron chi connectivity index (χ2n) is 6.44. The highest BCUT2D eigenvalue weighted by Gasteiger charge is 2.58. The summed E-state index contributed by atoms with van der Waals surface area (Å²) in [7, 11) is 1.57. The van der Waals surface area contributed by atoms with Crippen LogP contribution in [0, 0.1) is 0 Å². The van der Waals surface area contributed by atoms with Gasteiger partial charge in [0.05, 0.1) is 12.3 Å². The lowest BCUT2D eigenvalue weighted by atomic mass is 9.87. The van der Waals surface area contributed by atoms with Gasteiger partial charge in [-0.25, -0.2) is 4.79 Å². The zero-order valence-corrected chi connectivity index (χ0v) is 16.5. The summed E-state index contributed by atoms with van der Waals surface area (Å²) in [5, 5.41) is 3.00. The van der Waals surface area contributed by atoms with Crippen LogP contribution in [-0.4, -0.2) is 31.5 Å². The quantitative estimate of drug-likeness (QED) is 0.599. The number of nitrogens with zero attached hydrogens (tertiary/aromatic N) is 1. The van der Waals surface area contributed by atoms with Crippen molar-refractivity contribution in [2.75, 3.05) is 23.9 Å². The van der Waals surface area contributed by atoms with Crippen molar-refractivity contribution in [1.82, 2.24) is 0 Å². The van der Waals surface area contributed by atoms with Gasteiger partial charge in [-0.3, -0.25) is 9.59 Å². The molecule has 0 saturated heterocycles. The van der Waals surface area contributed by atoms with E-state index >= 15 is 0 Å². The van der Waals surface area contributed by atoms with E-state index in [9.17, 15) is 14.4 Å². The number of amides is 1. The van der Waals surface area contributed by atoms with E-state index in [1.807, 2.05) is 18.2 Å². The van der Waals surface area contributed by atoms with E-state index in [1.165, 1.54) is 18.0 Å². The molecule has 0 saturated carbocycles. The van der Waals surface area contributed by atoms with E-state index < -0.39 is 23.4 Å². The number of nitrogens with one attached hydrogen (secondary N) is 1. The lowest BCUT2D eigenvalue weighted by Gasteiger charge is -2.29. The van der Waals surface area contributed by atoms with Crippen LogP contribution < -0.4 is 10.2 Å². The maximum Gasteiger partial charge on any atom is 0.340 e. The predicted octanol–water partition coefficient (Wildman–Crippen LogP) is 2.98. The Morgan fingerprint density at radius 3 is 2.41 bits per heavy atom. The number of anilines is 2. The first kappa shape index (κ1) is 20.1. The molecule has 3 rings (SSSR count). The Morgan fingerprint density at radius 2 is 1.76 bits per heavy atom. The van der Waals surface area contributed by atoms with E-state index in [-0.39, 0.29) is 12.2 Å². The van der Waals surface area contributed by atoms with E-state index in [2.05, 4.69) is 5.32 Å². The van der Waals surface area contributed by atoms with Gasteiger partial charge in [-0.2, -0.15) is 0 Å². The van der Waals surface area contributed by atoms with Crippen LogP contribution in [0.4, 0.5) is 11.4 Å². The molecule has 7 heteroatoms. The van der Waals surface area contributed by atoms with Crippen LogP contribution in [-0.2, 0) is 29.5 Å². The summed E-state index contributed by atoms with van der Waals surface area (Å²) in [6.07, 6.45) is 1.37. The lowest BCUT2D eigenvalue weighted by molar-refractivity contribution is -0.164. The Bertz CT molecular complexity index is 970. The SMILES string of the molecule is CCOC(=O)/C(=C\Nc1ccccc1)C1(OC(C)=O)C(=O)N(C)c2ccccc21. The second kappa shape index (κ2) is 8.18. The van der Waals surface area contributed by atoms with Gasteiger partial charge in [0, 0.05) is 31.4 Å². The number of likely N-dealkylation sites (N-methyl/N-ethyl adjacent to an activating group) is 1. The second-order valence-corrected chi connectivity index (χ2v) is 6.44. The zero-order valence-electron chi connectivity index (χ0n) is 16.5. The van der Waals surface area contributed by atoms with Crippen molar-refractivity contribution >= 4 is 29.2 Å². The van der Waals surface area contributed by atoms with Gasteiger partial charge >= 0.3 is 11.9 Å². The summed E-state index contributed by atoms with van der Waals surface area (Å²) in [6.45, 7) is 2.96. The average Bonchev–Trinajstić information content (AvgIpc) is 2.92. The molecule has 2 aromatic carbocycles. The largest absolute Gasteiger partial charge is 0.462 e. The first-order valence-electron chi connectivity index (χ1n) is 9.18. The molecule has 29 heavy (non-hydrogen) atoms. The summed E-state index contributed by atoms with van der Waals surface area (Å²) in [4.78, 5) is 39.7. The van der Waals surface area contributed by atoms with Gasteiger partial charge in [0.15, 0.2) is 0 Å². The minimum atomic E-state index is -1.94. The first-order chi connectivity index (χ1) is 13.9. The molecule has 1 aliphatic rings. The minimum absolute atomic E-state index is 0.101. The number of rotatable bonds is 6. The Balaban J connectivity index is 2.21. The van der Waals surface area contributed by atoms with Crippen molar-refractivity contribution in [3.63, 3.8) is 0 Å². The number of ether oxygens (including phenoxy) is 2. The fourth-order valence-electron chi connectivity index (χ4n) is 3.36. The maximum absolute atomic E-state index is 13.4. The molecule has 150 valence electrons. The van der Waals surface area contributed by atoms with E-state index in [0.29, 0.717) is 16.9 Å². The number of carbonyl (C=O) groups excluding carboxylic acids is 3. The molecule has 0 radical (unpaired) electrons. The van der Waals surface area contributed by atoms with Crippen molar-refractivity contribution in [3.8, 4) is 0 Å². The van der Waals surface area contributed by atoms with Crippen molar-refractivity contribution in [2.45, 2.75) is 19.4 Å². The maximum atomic E-state index is 13.4. The van der Waals surface area contributed by atoms with Crippen LogP contribution in [0.25, 0.3) is 0 Å². The molecule has 7 nitrogen and oxygen atoms in total. The minimum Gasteiger partial charge on any atom is -0.462 e. The molecule has 2 aromatic rings. The third kappa shape index (κ3) is 3.59. The van der Waals surface area contributed by atoms with E-state index in [4.69, 9.17) is 9.47 Å². The van der Waals surface area contributed by atoms with Crippen LogP contribution in [0.15, 0.2) is 66.4 Å². The molecule has 1 heterocycles. The van der Waals surface area contributed by atoms with Crippen molar-refractivity contribution < 1.29 is 23.9 Å². The Morgan fingerprint density at radius 1 is 1.10 bits per heavy atom. The number of para-hydroxylation sites is 2. The number of carbonyl (C=O) groups is 3. The molecule has 1 atom stereocenters. The van der Waals surface area contributed by atoms with Gasteiger partial charge in [0.25, 0.3) is 11.5 Å². The fourth-order valence-corrected chi connectivity index (χ4v) is 3.36. The monoisotopic (exact) mass is 394 g/mol. The summed E-state index contributed by atoms with van der Waals surface area (Å²) in [5.41, 5.74) is -0.407. The molecule has 0 bridgehead atoms. The van der Waals surface area contributed by atoms with Gasteiger partial charge in [0.2, 0.25) is 0 Å². The highest BCUT2D eigenvalue weighted by molar-refractivity contribution is 6.14. The van der Waals surface area contributed by atoms with Crippen molar-refractivity contribution in [3.05, 3.63) is 71.9 Å². The third-order valence-corrected chi connectivity index (χ3v) is 4.58. The number of hydrogen-bond acceptors (Lipinski definition) is 6. The van der Waals surface area contributed by atoms with Crippen LogP contribution in [0.5, 0.6) is 0 Å². The molecular formula is C22H22N2O5. The molecule has 0 spiro atoms. The summed E-state index contributed by atoms with van der Waals surface area (Å²) in [6, 6.07) is 16.0. The highest BCUT2D eigenvalue weighted by Crippen LogP contribution is 2.47. The summed E-state index contributed by atoms with van der Waals surface area (Å²) >= 11 is 0. The van der Waals surface area contributed by atoms with Gasteiger partial charge in [-0.05, 0) is 25.1 Å². The standard InChI is InChI=1S/C22H22N2O5/c1-4-28-20(26)18(14-23-16-10-6-5-7-11-16)22(29-15(2)25)17-12-8-9-13-19(17)24(3)21(22)27/h5-14,23H,4H2,1-3H3/b18-14+. The number of benzene rings is 2. The molecule has 1 N–H and O–H groups in total. The Hall–Kier alpha value is -3.61. The molecular weight excluding hydrogens is 372 g/mol. The fraction of sp³-hybridized carbons (Fsp3) is 0.227. The summed E-state index contributed by atoms with van der Waals surface area (Å²) < 4.78 is 10.8. The topological polar surface area (TPSA) is 84.9 Å². The Kier molecular flexibility index (Phi) is 5.68. The van der Waals surface area contributed by atoms with Gasteiger partial charge in [0.1, 0.15) is 5.57 Å². The smallest absolute Gasteiger partial charge is 0.340 e. The molecule has 1 aliphatic heterocycles. The molecule has 1 unspecified atom stereocenters. The van der Waals surface area contributed by atoms with E-state index in [0.717, 1.165) is 0 Å². The summed E-state index contributed by atoms with van der Waals surface area (Å²) in [5.74, 6) is -2.00. The Labute approximate surface area is 168 Å². The van der Waals surface area contributed by atoms with Gasteiger partial charge in [-0.1, -0.05) is 36.4 Å². The molecule has 0 aliphatic carbocycles. The number of esters is 2. The van der Waals surface area contributed by atoms with Gasteiger partial charge < -0.3 is 19.7 Å². The zero-order chi connectivity index (χ0) is 21.0. The predicted molar refractivity (Wildman–Crippen MR) is 108 cm³/mol. The van der Waals surface area contributed by atoms with Crippen molar-refractivity contribution in [2.24, 2.45) is 0 Å². The normalized spacial score (nSPS) is 18.2. The number of hydrogen-bond donors (Lipinski definition) is 1. The van der Waals surface area contributed by atoms with E-state index in [1.54, 1.807) is 50.4 Å².